The molecule has 0 heterocycles. The molecule has 1 aliphatic rings. The Morgan fingerprint density at radius 2 is 2.00 bits per heavy atom. The van der Waals surface area contributed by atoms with Crippen molar-refractivity contribution in [3.8, 4) is 0 Å². The van der Waals surface area contributed by atoms with Crippen LogP contribution in [0.3, 0.4) is 0 Å². The van der Waals surface area contributed by atoms with Gasteiger partial charge in [0.05, 0.1) is 0 Å². The van der Waals surface area contributed by atoms with Gasteiger partial charge in [0.25, 0.3) is 0 Å². The largest absolute Gasteiger partial charge is 0.385 e. The molecule has 0 saturated heterocycles. The zero-order valence-electron chi connectivity index (χ0n) is 6.94. The van der Waals surface area contributed by atoms with E-state index in [1.165, 1.54) is 38.5 Å². The number of methoxy groups -OCH3 is 1. The maximum absolute atomic E-state index is 4.96. The third-order valence-electron chi connectivity index (χ3n) is 2.16. The maximum Gasteiger partial charge on any atom is 0.0462 e. The van der Waals surface area contributed by atoms with E-state index in [0.717, 1.165) is 12.5 Å². The molecular formula is C9H18O. The Labute approximate surface area is 63.8 Å². The number of unbranched alkanes of at least 4 members (excludes halogenated alkanes) is 2. The molecule has 1 heteroatoms. The SMILES string of the molecule is COCCCCCC1CC1. The van der Waals surface area contributed by atoms with Gasteiger partial charge in [-0.3, -0.25) is 0 Å². The summed E-state index contributed by atoms with van der Waals surface area (Å²) in [5.74, 6) is 1.11. The summed E-state index contributed by atoms with van der Waals surface area (Å²) >= 11 is 0. The second-order valence-corrected chi connectivity index (χ2v) is 3.29. The Bertz CT molecular complexity index is 76.8. The van der Waals surface area contributed by atoms with Crippen LogP contribution in [0, 0.1) is 5.92 Å². The van der Waals surface area contributed by atoms with Crippen LogP contribution in [0.25, 0.3) is 0 Å². The van der Waals surface area contributed by atoms with Gasteiger partial charge in [0, 0.05) is 13.7 Å². The van der Waals surface area contributed by atoms with E-state index in [-0.39, 0.29) is 0 Å². The summed E-state index contributed by atoms with van der Waals surface area (Å²) in [6, 6.07) is 0. The molecule has 0 atom stereocenters. The highest BCUT2D eigenvalue weighted by molar-refractivity contribution is 4.72. The maximum atomic E-state index is 4.96. The average molecular weight is 142 g/mol. The van der Waals surface area contributed by atoms with E-state index in [2.05, 4.69) is 0 Å². The van der Waals surface area contributed by atoms with Crippen LogP contribution in [-0.2, 0) is 4.74 Å². The van der Waals surface area contributed by atoms with Crippen LogP contribution in [0.2, 0.25) is 0 Å². The van der Waals surface area contributed by atoms with Crippen molar-refractivity contribution < 1.29 is 4.74 Å². The fraction of sp³-hybridized carbons (Fsp3) is 1.00. The summed E-state index contributed by atoms with van der Waals surface area (Å²) in [5.41, 5.74) is 0. The molecule has 1 aliphatic carbocycles. The molecule has 0 spiro atoms. The smallest absolute Gasteiger partial charge is 0.0462 e. The third kappa shape index (κ3) is 3.89. The van der Waals surface area contributed by atoms with Crippen LogP contribution in [-0.4, -0.2) is 13.7 Å². The second kappa shape index (κ2) is 4.73. The van der Waals surface area contributed by atoms with E-state index in [0.29, 0.717) is 0 Å². The van der Waals surface area contributed by atoms with Crippen molar-refractivity contribution in [2.24, 2.45) is 5.92 Å². The fourth-order valence-corrected chi connectivity index (χ4v) is 1.26. The standard InChI is InChI=1S/C9H18O/c1-10-8-4-2-3-5-9-6-7-9/h9H,2-8H2,1H3. The van der Waals surface area contributed by atoms with Crippen molar-refractivity contribution in [3.63, 3.8) is 0 Å². The molecular weight excluding hydrogens is 124 g/mol. The molecule has 1 nitrogen and oxygen atoms in total. The lowest BCUT2D eigenvalue weighted by Gasteiger charge is -1.97. The minimum atomic E-state index is 0.949. The Morgan fingerprint density at radius 1 is 1.20 bits per heavy atom. The van der Waals surface area contributed by atoms with Crippen molar-refractivity contribution in [2.45, 2.75) is 38.5 Å². The van der Waals surface area contributed by atoms with Crippen LogP contribution in [0.15, 0.2) is 0 Å². The molecule has 60 valence electrons. The highest BCUT2D eigenvalue weighted by atomic mass is 16.5. The van der Waals surface area contributed by atoms with Gasteiger partial charge in [-0.2, -0.15) is 0 Å². The molecule has 0 amide bonds. The summed E-state index contributed by atoms with van der Waals surface area (Å²) in [6.07, 6.45) is 8.53. The van der Waals surface area contributed by atoms with Crippen LogP contribution in [0.5, 0.6) is 0 Å². The predicted molar refractivity (Wildman–Crippen MR) is 43.1 cm³/mol. The first kappa shape index (κ1) is 8.06. The number of rotatable bonds is 6. The third-order valence-corrected chi connectivity index (χ3v) is 2.16. The highest BCUT2D eigenvalue weighted by Gasteiger charge is 2.19. The topological polar surface area (TPSA) is 9.23 Å². The van der Waals surface area contributed by atoms with Gasteiger partial charge < -0.3 is 4.74 Å². The molecule has 0 aromatic carbocycles. The quantitative estimate of drug-likeness (QED) is 0.518. The van der Waals surface area contributed by atoms with Crippen molar-refractivity contribution in [1.82, 2.24) is 0 Å². The zero-order valence-corrected chi connectivity index (χ0v) is 6.94. The molecule has 1 fully saturated rings. The molecule has 10 heavy (non-hydrogen) atoms. The lowest BCUT2D eigenvalue weighted by atomic mass is 10.1. The normalized spacial score (nSPS) is 17.7. The van der Waals surface area contributed by atoms with E-state index in [9.17, 15) is 0 Å². The summed E-state index contributed by atoms with van der Waals surface area (Å²) in [7, 11) is 1.78. The fourth-order valence-electron chi connectivity index (χ4n) is 1.26. The summed E-state index contributed by atoms with van der Waals surface area (Å²) in [5, 5.41) is 0. The Balaban J connectivity index is 1.68. The van der Waals surface area contributed by atoms with Crippen LogP contribution in [0.4, 0.5) is 0 Å². The van der Waals surface area contributed by atoms with Gasteiger partial charge in [-0.1, -0.05) is 32.1 Å². The predicted octanol–water partition coefficient (Wildman–Crippen LogP) is 2.60. The molecule has 1 rings (SSSR count). The Hall–Kier alpha value is -0.0400. The molecule has 0 N–H and O–H groups in total. The van der Waals surface area contributed by atoms with Crippen molar-refractivity contribution in [3.05, 3.63) is 0 Å². The highest BCUT2D eigenvalue weighted by Crippen LogP contribution is 2.33. The molecule has 0 aliphatic heterocycles. The van der Waals surface area contributed by atoms with Gasteiger partial charge in [-0.05, 0) is 12.3 Å². The lowest BCUT2D eigenvalue weighted by molar-refractivity contribution is 0.192. The molecule has 0 aromatic heterocycles. The summed E-state index contributed by atoms with van der Waals surface area (Å²) in [6.45, 7) is 0.949. The first-order chi connectivity index (χ1) is 4.93. The van der Waals surface area contributed by atoms with Gasteiger partial charge in [0.2, 0.25) is 0 Å². The van der Waals surface area contributed by atoms with Crippen LogP contribution >= 0.6 is 0 Å². The van der Waals surface area contributed by atoms with Gasteiger partial charge >= 0.3 is 0 Å². The monoisotopic (exact) mass is 142 g/mol. The van der Waals surface area contributed by atoms with Gasteiger partial charge in [-0.25, -0.2) is 0 Å². The van der Waals surface area contributed by atoms with E-state index in [1.54, 1.807) is 7.11 Å². The molecule has 1 saturated carbocycles. The first-order valence-electron chi connectivity index (χ1n) is 4.42. The lowest BCUT2D eigenvalue weighted by Crippen LogP contribution is -1.88. The van der Waals surface area contributed by atoms with E-state index < -0.39 is 0 Å². The molecule has 0 bridgehead atoms. The minimum absolute atomic E-state index is 0.949. The van der Waals surface area contributed by atoms with Crippen LogP contribution < -0.4 is 0 Å². The number of hydrogen-bond donors (Lipinski definition) is 0. The zero-order chi connectivity index (χ0) is 7.23. The van der Waals surface area contributed by atoms with Crippen molar-refractivity contribution >= 4 is 0 Å². The Kier molecular flexibility index (Phi) is 3.81. The van der Waals surface area contributed by atoms with E-state index in [1.807, 2.05) is 0 Å². The molecule has 0 unspecified atom stereocenters. The number of ether oxygens (including phenoxy) is 1. The molecule has 0 aromatic rings. The summed E-state index contributed by atoms with van der Waals surface area (Å²) < 4.78 is 4.96. The number of hydrogen-bond acceptors (Lipinski definition) is 1. The molecule has 0 radical (unpaired) electrons. The Morgan fingerprint density at radius 3 is 2.60 bits per heavy atom. The first-order valence-corrected chi connectivity index (χ1v) is 4.42. The van der Waals surface area contributed by atoms with Gasteiger partial charge in [0.1, 0.15) is 0 Å². The van der Waals surface area contributed by atoms with Gasteiger partial charge in [-0.15, -0.1) is 0 Å². The second-order valence-electron chi connectivity index (χ2n) is 3.29. The van der Waals surface area contributed by atoms with E-state index >= 15 is 0 Å². The van der Waals surface area contributed by atoms with Crippen molar-refractivity contribution in [2.75, 3.05) is 13.7 Å². The van der Waals surface area contributed by atoms with Crippen molar-refractivity contribution in [1.29, 1.82) is 0 Å². The minimum Gasteiger partial charge on any atom is -0.385 e. The van der Waals surface area contributed by atoms with Gasteiger partial charge in [0.15, 0.2) is 0 Å². The summed E-state index contributed by atoms with van der Waals surface area (Å²) in [4.78, 5) is 0. The van der Waals surface area contributed by atoms with Crippen LogP contribution in [0.1, 0.15) is 38.5 Å². The average Bonchev–Trinajstić information content (AvgIpc) is 2.71. The van der Waals surface area contributed by atoms with E-state index in [4.69, 9.17) is 4.74 Å².